The molecule has 0 aliphatic heterocycles. The van der Waals surface area contributed by atoms with Crippen LogP contribution in [-0.4, -0.2) is 28.8 Å². The molecule has 4 nitrogen and oxygen atoms in total. The fourth-order valence-electron chi connectivity index (χ4n) is 0.267. The van der Waals surface area contributed by atoms with Crippen molar-refractivity contribution in [3.63, 3.8) is 0 Å². The van der Waals surface area contributed by atoms with E-state index in [1.807, 2.05) is 0 Å². The third kappa shape index (κ3) is 4.99. The highest BCUT2D eigenvalue weighted by Gasteiger charge is 1.92. The lowest BCUT2D eigenvalue weighted by molar-refractivity contribution is -0.131. The second kappa shape index (κ2) is 4.05. The summed E-state index contributed by atoms with van der Waals surface area (Å²) in [7, 11) is 0. The van der Waals surface area contributed by atoms with Crippen molar-refractivity contribution in [3.05, 3.63) is 12.2 Å². The van der Waals surface area contributed by atoms with Crippen LogP contribution in [0.4, 0.5) is 0 Å². The Morgan fingerprint density at radius 2 is 2.33 bits per heavy atom. The molecule has 0 radical (unpaired) electrons. The van der Waals surface area contributed by atoms with E-state index in [1.54, 1.807) is 0 Å². The third-order valence-electron chi connectivity index (χ3n) is 0.697. The molecule has 0 spiro atoms. The van der Waals surface area contributed by atoms with Crippen molar-refractivity contribution in [2.45, 2.75) is 6.04 Å². The molecule has 0 aliphatic rings. The van der Waals surface area contributed by atoms with E-state index in [2.05, 4.69) is 0 Å². The molecule has 0 fully saturated rings. The van der Waals surface area contributed by atoms with Gasteiger partial charge in [0.25, 0.3) is 0 Å². The predicted octanol–water partition coefficient (Wildman–Crippen LogP) is -1.05. The van der Waals surface area contributed by atoms with Crippen LogP contribution >= 0.6 is 0 Å². The van der Waals surface area contributed by atoms with Crippen molar-refractivity contribution in [2.75, 3.05) is 6.61 Å². The predicted molar refractivity (Wildman–Crippen MR) is 31.8 cm³/mol. The van der Waals surface area contributed by atoms with E-state index in [0.29, 0.717) is 0 Å². The summed E-state index contributed by atoms with van der Waals surface area (Å²) in [5.41, 5.74) is 5.12. The van der Waals surface area contributed by atoms with Crippen molar-refractivity contribution in [3.8, 4) is 0 Å². The quantitative estimate of drug-likeness (QED) is 0.426. The van der Waals surface area contributed by atoms with E-state index in [1.165, 1.54) is 6.08 Å². The summed E-state index contributed by atoms with van der Waals surface area (Å²) in [5.74, 6) is -1.06. The van der Waals surface area contributed by atoms with Gasteiger partial charge in [0.1, 0.15) is 0 Å². The topological polar surface area (TPSA) is 83.6 Å². The van der Waals surface area contributed by atoms with Gasteiger partial charge in [-0.05, 0) is 0 Å². The first-order valence-electron chi connectivity index (χ1n) is 2.44. The minimum absolute atomic E-state index is 0.232. The zero-order valence-corrected chi connectivity index (χ0v) is 4.82. The molecule has 0 rings (SSSR count). The Kier molecular flexibility index (Phi) is 3.66. The van der Waals surface area contributed by atoms with Crippen LogP contribution in [0.2, 0.25) is 0 Å². The van der Waals surface area contributed by atoms with Crippen molar-refractivity contribution in [1.29, 1.82) is 0 Å². The molecule has 0 saturated carbocycles. The van der Waals surface area contributed by atoms with Gasteiger partial charge in [0.05, 0.1) is 6.61 Å². The number of rotatable bonds is 3. The Hall–Kier alpha value is -0.870. The van der Waals surface area contributed by atoms with Gasteiger partial charge in [-0.25, -0.2) is 4.79 Å². The maximum absolute atomic E-state index is 9.80. The highest BCUT2D eigenvalue weighted by molar-refractivity contribution is 5.79. The normalized spacial score (nSPS) is 14.0. The molecular weight excluding hydrogens is 122 g/mol. The van der Waals surface area contributed by atoms with E-state index in [9.17, 15) is 4.79 Å². The summed E-state index contributed by atoms with van der Waals surface area (Å²) in [6, 6.07) is -0.568. The molecule has 0 saturated heterocycles. The number of carbonyl (C=O) groups is 1. The highest BCUT2D eigenvalue weighted by Crippen LogP contribution is 1.78. The van der Waals surface area contributed by atoms with E-state index >= 15 is 0 Å². The van der Waals surface area contributed by atoms with Crippen molar-refractivity contribution < 1.29 is 15.0 Å². The van der Waals surface area contributed by atoms with Crippen LogP contribution in [0.1, 0.15) is 0 Å². The van der Waals surface area contributed by atoms with Crippen LogP contribution in [0.3, 0.4) is 0 Å². The first kappa shape index (κ1) is 8.13. The molecule has 0 aromatic heterocycles. The van der Waals surface area contributed by atoms with Gasteiger partial charge >= 0.3 is 5.97 Å². The molecule has 1 atom stereocenters. The number of aliphatic hydroxyl groups excluding tert-OH is 1. The number of aliphatic carboxylic acids is 1. The van der Waals surface area contributed by atoms with Gasteiger partial charge < -0.3 is 15.9 Å². The zero-order valence-electron chi connectivity index (χ0n) is 4.82. The maximum Gasteiger partial charge on any atom is 0.328 e. The van der Waals surface area contributed by atoms with Crippen molar-refractivity contribution in [1.82, 2.24) is 0 Å². The lowest BCUT2D eigenvalue weighted by Gasteiger charge is -1.96. The largest absolute Gasteiger partial charge is 0.478 e. The highest BCUT2D eigenvalue weighted by atomic mass is 16.4. The molecule has 9 heavy (non-hydrogen) atoms. The summed E-state index contributed by atoms with van der Waals surface area (Å²) in [4.78, 5) is 9.80. The number of carboxylic acid groups (broad SMARTS) is 1. The molecule has 4 heteroatoms. The standard InChI is InChI=1S/C5H9NO3/c6-4(3-7)1-2-5(8)9/h1-2,4,7H,3,6H2,(H,8,9)/b2-1+/t4-/m1/s1. The molecule has 0 unspecified atom stereocenters. The molecular formula is C5H9NO3. The van der Waals surface area contributed by atoms with Gasteiger partial charge in [-0.3, -0.25) is 0 Å². The summed E-state index contributed by atoms with van der Waals surface area (Å²) < 4.78 is 0. The molecule has 0 heterocycles. The summed E-state index contributed by atoms with van der Waals surface area (Å²) in [6.45, 7) is -0.232. The van der Waals surface area contributed by atoms with Crippen molar-refractivity contribution >= 4 is 5.97 Å². The minimum Gasteiger partial charge on any atom is -0.478 e. The molecule has 0 aliphatic carbocycles. The Balaban J connectivity index is 3.56. The van der Waals surface area contributed by atoms with Crippen LogP contribution in [0, 0.1) is 0 Å². The lowest BCUT2D eigenvalue weighted by atomic mass is 10.3. The Bertz CT molecular complexity index is 121. The molecule has 0 amide bonds. The smallest absolute Gasteiger partial charge is 0.328 e. The Labute approximate surface area is 52.6 Å². The summed E-state index contributed by atoms with van der Waals surface area (Å²) in [5, 5.41) is 16.3. The van der Waals surface area contributed by atoms with Crippen LogP contribution < -0.4 is 5.73 Å². The van der Waals surface area contributed by atoms with Crippen LogP contribution in [0.5, 0.6) is 0 Å². The monoisotopic (exact) mass is 131 g/mol. The van der Waals surface area contributed by atoms with Crippen LogP contribution in [0.25, 0.3) is 0 Å². The van der Waals surface area contributed by atoms with E-state index in [4.69, 9.17) is 15.9 Å². The number of hydrogen-bond acceptors (Lipinski definition) is 3. The fourth-order valence-corrected chi connectivity index (χ4v) is 0.267. The Morgan fingerprint density at radius 3 is 2.67 bits per heavy atom. The third-order valence-corrected chi connectivity index (χ3v) is 0.697. The van der Waals surface area contributed by atoms with Crippen LogP contribution in [0.15, 0.2) is 12.2 Å². The average molecular weight is 131 g/mol. The maximum atomic E-state index is 9.80. The first-order valence-corrected chi connectivity index (χ1v) is 2.44. The van der Waals surface area contributed by atoms with Gasteiger partial charge in [0.15, 0.2) is 0 Å². The lowest BCUT2D eigenvalue weighted by Crippen LogP contribution is -2.21. The summed E-state index contributed by atoms with van der Waals surface area (Å²) in [6.07, 6.45) is 2.13. The second-order valence-corrected chi connectivity index (χ2v) is 1.54. The average Bonchev–Trinajstić information content (AvgIpc) is 1.83. The van der Waals surface area contributed by atoms with E-state index in [-0.39, 0.29) is 6.61 Å². The molecule has 0 bridgehead atoms. The number of nitrogens with two attached hydrogens (primary N) is 1. The van der Waals surface area contributed by atoms with Crippen LogP contribution in [-0.2, 0) is 4.79 Å². The van der Waals surface area contributed by atoms with Gasteiger partial charge in [-0.1, -0.05) is 6.08 Å². The minimum atomic E-state index is -1.06. The molecule has 0 aromatic rings. The van der Waals surface area contributed by atoms with Crippen molar-refractivity contribution in [2.24, 2.45) is 5.73 Å². The first-order chi connectivity index (χ1) is 4.16. The fraction of sp³-hybridized carbons (Fsp3) is 0.400. The number of aliphatic hydroxyl groups is 1. The molecule has 0 aromatic carbocycles. The SMILES string of the molecule is N[C@H](/C=C/C(=O)O)CO. The number of carboxylic acids is 1. The van der Waals surface area contributed by atoms with Gasteiger partial charge in [0.2, 0.25) is 0 Å². The summed E-state index contributed by atoms with van der Waals surface area (Å²) >= 11 is 0. The van der Waals surface area contributed by atoms with Gasteiger partial charge in [-0.15, -0.1) is 0 Å². The van der Waals surface area contributed by atoms with Gasteiger partial charge in [-0.2, -0.15) is 0 Å². The number of hydrogen-bond donors (Lipinski definition) is 3. The Morgan fingerprint density at radius 1 is 1.78 bits per heavy atom. The second-order valence-electron chi connectivity index (χ2n) is 1.54. The molecule has 4 N–H and O–H groups in total. The molecule has 52 valence electrons. The van der Waals surface area contributed by atoms with E-state index in [0.717, 1.165) is 6.08 Å². The van der Waals surface area contributed by atoms with E-state index < -0.39 is 12.0 Å². The van der Waals surface area contributed by atoms with Gasteiger partial charge in [0, 0.05) is 12.1 Å². The zero-order chi connectivity index (χ0) is 7.28.